The molecule has 1 aromatic rings. The summed E-state index contributed by atoms with van der Waals surface area (Å²) in [5.74, 6) is 0.565. The number of carbonyl (C=O) groups excluding carboxylic acids is 1. The van der Waals surface area contributed by atoms with Gasteiger partial charge in [0.25, 0.3) is 0 Å². The molecule has 0 fully saturated rings. The molecule has 3 nitrogen and oxygen atoms in total. The molecule has 0 aliphatic heterocycles. The van der Waals surface area contributed by atoms with Crippen molar-refractivity contribution in [2.45, 2.75) is 26.3 Å². The molecule has 1 rings (SSSR count). The fourth-order valence-electron chi connectivity index (χ4n) is 1.12. The maximum atomic E-state index is 11.3. The van der Waals surface area contributed by atoms with E-state index in [0.29, 0.717) is 18.8 Å². The predicted octanol–water partition coefficient (Wildman–Crippen LogP) is 2.03. The van der Waals surface area contributed by atoms with Gasteiger partial charge in [-0.3, -0.25) is 9.78 Å². The van der Waals surface area contributed by atoms with Gasteiger partial charge in [0.1, 0.15) is 0 Å². The van der Waals surface area contributed by atoms with Crippen molar-refractivity contribution in [1.82, 2.24) is 10.3 Å². The summed E-state index contributed by atoms with van der Waals surface area (Å²) in [4.78, 5) is 15.4. The van der Waals surface area contributed by atoms with Gasteiger partial charge in [-0.25, -0.2) is 0 Å². The van der Waals surface area contributed by atoms with E-state index in [2.05, 4.69) is 10.3 Å². The van der Waals surface area contributed by atoms with Crippen molar-refractivity contribution >= 4 is 17.5 Å². The number of carbonyl (C=O) groups is 1. The molecule has 0 unspecified atom stereocenters. The summed E-state index contributed by atoms with van der Waals surface area (Å²) in [6.45, 7) is 2.47. The lowest BCUT2D eigenvalue weighted by Gasteiger charge is -2.04. The van der Waals surface area contributed by atoms with Gasteiger partial charge in [-0.05, 0) is 25.0 Å². The molecule has 1 heterocycles. The average molecular weight is 227 g/mol. The van der Waals surface area contributed by atoms with E-state index < -0.39 is 0 Å². The Morgan fingerprint density at radius 2 is 2.33 bits per heavy atom. The van der Waals surface area contributed by atoms with Crippen molar-refractivity contribution < 1.29 is 4.79 Å². The monoisotopic (exact) mass is 226 g/mol. The lowest BCUT2D eigenvalue weighted by molar-refractivity contribution is -0.121. The molecule has 0 radical (unpaired) electrons. The molecular formula is C11H15ClN2O. The van der Waals surface area contributed by atoms with Crippen molar-refractivity contribution in [3.05, 3.63) is 29.6 Å². The van der Waals surface area contributed by atoms with E-state index in [1.165, 1.54) is 0 Å². The zero-order valence-electron chi connectivity index (χ0n) is 8.79. The molecule has 0 saturated heterocycles. The summed E-state index contributed by atoms with van der Waals surface area (Å²) >= 11 is 5.49. The molecule has 0 bridgehead atoms. The zero-order valence-corrected chi connectivity index (χ0v) is 9.55. The summed E-state index contributed by atoms with van der Waals surface area (Å²) in [7, 11) is 0. The number of nitrogens with zero attached hydrogens (tertiary/aromatic N) is 1. The van der Waals surface area contributed by atoms with E-state index in [-0.39, 0.29) is 5.91 Å². The number of nitrogens with one attached hydrogen (secondary N) is 1. The first-order valence-corrected chi connectivity index (χ1v) is 5.50. The molecular weight excluding hydrogens is 212 g/mol. The number of alkyl halides is 1. The lowest BCUT2D eigenvalue weighted by atomic mass is 10.2. The Morgan fingerprint density at radius 3 is 2.93 bits per heavy atom. The van der Waals surface area contributed by atoms with Crippen molar-refractivity contribution in [3.63, 3.8) is 0 Å². The van der Waals surface area contributed by atoms with Gasteiger partial charge in [-0.15, -0.1) is 11.6 Å². The fourth-order valence-corrected chi connectivity index (χ4v) is 1.25. The number of aromatic nitrogens is 1. The minimum atomic E-state index is 0.0382. The molecule has 82 valence electrons. The Balaban J connectivity index is 2.30. The van der Waals surface area contributed by atoms with Crippen molar-refractivity contribution in [2.24, 2.45) is 0 Å². The number of hydrogen-bond acceptors (Lipinski definition) is 2. The van der Waals surface area contributed by atoms with Crippen molar-refractivity contribution in [1.29, 1.82) is 0 Å². The number of rotatable bonds is 5. The second kappa shape index (κ2) is 6.40. The first-order chi connectivity index (χ1) is 7.22. The molecule has 1 amide bonds. The molecule has 0 atom stereocenters. The van der Waals surface area contributed by atoms with Gasteiger partial charge >= 0.3 is 0 Å². The van der Waals surface area contributed by atoms with Crippen LogP contribution in [0, 0.1) is 6.92 Å². The van der Waals surface area contributed by atoms with E-state index in [1.54, 1.807) is 6.20 Å². The molecule has 0 spiro atoms. The number of halogens is 1. The van der Waals surface area contributed by atoms with Crippen molar-refractivity contribution in [2.75, 3.05) is 5.88 Å². The highest BCUT2D eigenvalue weighted by molar-refractivity contribution is 6.17. The molecule has 0 aromatic carbocycles. The van der Waals surface area contributed by atoms with Crippen LogP contribution in [0.1, 0.15) is 24.1 Å². The summed E-state index contributed by atoms with van der Waals surface area (Å²) in [6.07, 6.45) is 2.99. The van der Waals surface area contributed by atoms with E-state index in [0.717, 1.165) is 17.7 Å². The SMILES string of the molecule is Cc1ccc(CNC(=O)CCCCl)cn1. The standard InChI is InChI=1S/C11H15ClN2O/c1-9-4-5-10(7-13-9)8-14-11(15)3-2-6-12/h4-5,7H,2-3,6,8H2,1H3,(H,14,15). The van der Waals surface area contributed by atoms with Crippen LogP contribution in [0.3, 0.4) is 0 Å². The predicted molar refractivity (Wildman–Crippen MR) is 60.8 cm³/mol. The Kier molecular flexibility index (Phi) is 5.12. The quantitative estimate of drug-likeness (QED) is 0.781. The third kappa shape index (κ3) is 4.79. The Bertz CT molecular complexity index is 311. The number of hydrogen-bond donors (Lipinski definition) is 1. The lowest BCUT2D eigenvalue weighted by Crippen LogP contribution is -2.22. The molecule has 0 aliphatic carbocycles. The smallest absolute Gasteiger partial charge is 0.220 e. The van der Waals surface area contributed by atoms with Crippen LogP contribution in [0.2, 0.25) is 0 Å². The van der Waals surface area contributed by atoms with Crippen LogP contribution >= 0.6 is 11.6 Å². The third-order valence-electron chi connectivity index (χ3n) is 2.00. The van der Waals surface area contributed by atoms with Crippen LogP contribution in [0.5, 0.6) is 0 Å². The van der Waals surface area contributed by atoms with Gasteiger partial charge in [-0.1, -0.05) is 6.07 Å². The minimum Gasteiger partial charge on any atom is -0.352 e. The molecule has 0 aliphatic rings. The summed E-state index contributed by atoms with van der Waals surface area (Å²) in [5, 5.41) is 2.82. The van der Waals surface area contributed by atoms with Crippen LogP contribution in [0.4, 0.5) is 0 Å². The average Bonchev–Trinajstić information content (AvgIpc) is 2.25. The maximum absolute atomic E-state index is 11.3. The Hall–Kier alpha value is -1.09. The van der Waals surface area contributed by atoms with Crippen molar-refractivity contribution in [3.8, 4) is 0 Å². The fraction of sp³-hybridized carbons (Fsp3) is 0.455. The zero-order chi connectivity index (χ0) is 11.1. The topological polar surface area (TPSA) is 42.0 Å². The molecule has 1 N–H and O–H groups in total. The van der Waals surface area contributed by atoms with Gasteiger partial charge in [-0.2, -0.15) is 0 Å². The maximum Gasteiger partial charge on any atom is 0.220 e. The first-order valence-electron chi connectivity index (χ1n) is 4.96. The van der Waals surface area contributed by atoms with Gasteiger partial charge in [0.15, 0.2) is 0 Å². The number of amides is 1. The largest absolute Gasteiger partial charge is 0.352 e. The number of pyridine rings is 1. The third-order valence-corrected chi connectivity index (χ3v) is 2.27. The number of aryl methyl sites for hydroxylation is 1. The second-order valence-corrected chi connectivity index (χ2v) is 3.76. The highest BCUT2D eigenvalue weighted by Gasteiger charge is 2.00. The van der Waals surface area contributed by atoms with Crippen LogP contribution in [-0.2, 0) is 11.3 Å². The molecule has 15 heavy (non-hydrogen) atoms. The summed E-state index contributed by atoms with van der Waals surface area (Å²) in [5.41, 5.74) is 1.99. The molecule has 1 aromatic heterocycles. The van der Waals surface area contributed by atoms with E-state index in [1.807, 2.05) is 19.1 Å². The van der Waals surface area contributed by atoms with Gasteiger partial charge in [0, 0.05) is 30.7 Å². The Labute approximate surface area is 94.9 Å². The molecule has 4 heteroatoms. The van der Waals surface area contributed by atoms with Gasteiger partial charge in [0.05, 0.1) is 0 Å². The highest BCUT2D eigenvalue weighted by atomic mass is 35.5. The van der Waals surface area contributed by atoms with Crippen LogP contribution in [-0.4, -0.2) is 16.8 Å². The molecule has 0 saturated carbocycles. The van der Waals surface area contributed by atoms with Crippen LogP contribution < -0.4 is 5.32 Å². The van der Waals surface area contributed by atoms with Gasteiger partial charge in [0.2, 0.25) is 5.91 Å². The van der Waals surface area contributed by atoms with Gasteiger partial charge < -0.3 is 5.32 Å². The summed E-state index contributed by atoms with van der Waals surface area (Å²) < 4.78 is 0. The van der Waals surface area contributed by atoms with E-state index in [4.69, 9.17) is 11.6 Å². The second-order valence-electron chi connectivity index (χ2n) is 3.38. The van der Waals surface area contributed by atoms with E-state index >= 15 is 0 Å². The van der Waals surface area contributed by atoms with Crippen LogP contribution in [0.15, 0.2) is 18.3 Å². The normalized spacial score (nSPS) is 10.0. The summed E-state index contributed by atoms with van der Waals surface area (Å²) in [6, 6.07) is 3.89. The van der Waals surface area contributed by atoms with E-state index in [9.17, 15) is 4.79 Å². The Morgan fingerprint density at radius 1 is 1.53 bits per heavy atom. The highest BCUT2D eigenvalue weighted by Crippen LogP contribution is 1.99. The van der Waals surface area contributed by atoms with Crippen LogP contribution in [0.25, 0.3) is 0 Å². The minimum absolute atomic E-state index is 0.0382. The first kappa shape index (κ1) is 12.0.